The second-order valence-corrected chi connectivity index (χ2v) is 6.08. The summed E-state index contributed by atoms with van der Waals surface area (Å²) in [6, 6.07) is 2.93. The molecule has 1 aromatic carbocycles. The first-order valence-electron chi connectivity index (χ1n) is 5.83. The average molecular weight is 304 g/mol. The van der Waals surface area contributed by atoms with Crippen molar-refractivity contribution in [1.29, 1.82) is 0 Å². The predicted molar refractivity (Wildman–Crippen MR) is 71.5 cm³/mol. The number of hydrogen-bond donors (Lipinski definition) is 1. The van der Waals surface area contributed by atoms with Gasteiger partial charge in [-0.25, -0.2) is 17.6 Å². The maximum atomic E-state index is 13.3. The van der Waals surface area contributed by atoms with E-state index in [9.17, 15) is 17.6 Å². The zero-order valence-electron chi connectivity index (χ0n) is 11.5. The molecule has 112 valence electrons. The molecule has 6 nitrogen and oxygen atoms in total. The van der Waals surface area contributed by atoms with E-state index in [0.29, 0.717) is 6.54 Å². The Kier molecular flexibility index (Phi) is 5.61. The molecule has 0 aliphatic heterocycles. The van der Waals surface area contributed by atoms with Gasteiger partial charge in [0, 0.05) is 20.1 Å². The Bertz CT molecular complexity index is 589. The van der Waals surface area contributed by atoms with E-state index in [1.807, 2.05) is 0 Å². The number of hydrogen-bond acceptors (Lipinski definition) is 5. The van der Waals surface area contributed by atoms with Crippen molar-refractivity contribution in [3.05, 3.63) is 29.6 Å². The first-order valence-corrected chi connectivity index (χ1v) is 7.27. The smallest absolute Gasteiger partial charge is 0.339 e. The van der Waals surface area contributed by atoms with Gasteiger partial charge in [0.05, 0.1) is 17.6 Å². The summed E-state index contributed by atoms with van der Waals surface area (Å²) in [5.74, 6) is -1.57. The van der Waals surface area contributed by atoms with Gasteiger partial charge in [-0.15, -0.1) is 0 Å². The molecule has 1 aromatic rings. The normalized spacial score (nSPS) is 11.7. The lowest BCUT2D eigenvalue weighted by Crippen LogP contribution is -2.33. The van der Waals surface area contributed by atoms with Crippen molar-refractivity contribution < 1.29 is 22.3 Å². The highest BCUT2D eigenvalue weighted by atomic mass is 32.2. The number of methoxy groups -OCH3 is 1. The van der Waals surface area contributed by atoms with Crippen LogP contribution in [0.4, 0.5) is 4.39 Å². The lowest BCUT2D eigenvalue weighted by atomic mass is 10.2. The third kappa shape index (κ3) is 3.53. The minimum atomic E-state index is -3.97. The summed E-state index contributed by atoms with van der Waals surface area (Å²) in [5, 5.41) is 2.81. The number of sulfonamides is 1. The van der Waals surface area contributed by atoms with E-state index in [1.54, 1.807) is 7.05 Å². The van der Waals surface area contributed by atoms with Gasteiger partial charge < -0.3 is 10.1 Å². The van der Waals surface area contributed by atoms with Gasteiger partial charge in [0.1, 0.15) is 5.82 Å². The fourth-order valence-electron chi connectivity index (χ4n) is 1.55. The molecule has 0 atom stereocenters. The minimum Gasteiger partial charge on any atom is -0.465 e. The first-order chi connectivity index (χ1) is 9.34. The van der Waals surface area contributed by atoms with E-state index in [0.717, 1.165) is 29.6 Å². The van der Waals surface area contributed by atoms with Crippen LogP contribution in [0.15, 0.2) is 23.1 Å². The fraction of sp³-hybridized carbons (Fsp3) is 0.417. The highest BCUT2D eigenvalue weighted by molar-refractivity contribution is 7.89. The van der Waals surface area contributed by atoms with Crippen molar-refractivity contribution in [2.75, 3.05) is 34.3 Å². The molecule has 0 radical (unpaired) electrons. The third-order valence-electron chi connectivity index (χ3n) is 2.71. The zero-order chi connectivity index (χ0) is 15.3. The summed E-state index contributed by atoms with van der Waals surface area (Å²) in [6.07, 6.45) is 0. The molecule has 8 heteroatoms. The molecular weight excluding hydrogens is 287 g/mol. The molecule has 0 amide bonds. The highest BCUT2D eigenvalue weighted by Gasteiger charge is 2.27. The van der Waals surface area contributed by atoms with Crippen LogP contribution >= 0.6 is 0 Å². The lowest BCUT2D eigenvalue weighted by molar-refractivity contribution is 0.0596. The van der Waals surface area contributed by atoms with Crippen LogP contribution in [0.1, 0.15) is 10.4 Å². The molecule has 20 heavy (non-hydrogen) atoms. The predicted octanol–water partition coefficient (Wildman–Crippen LogP) is 0.452. The highest BCUT2D eigenvalue weighted by Crippen LogP contribution is 2.21. The van der Waals surface area contributed by atoms with E-state index < -0.39 is 26.7 Å². The Morgan fingerprint density at radius 3 is 2.65 bits per heavy atom. The third-order valence-corrected chi connectivity index (χ3v) is 4.61. The molecule has 0 unspecified atom stereocenters. The Morgan fingerprint density at radius 1 is 1.45 bits per heavy atom. The van der Waals surface area contributed by atoms with Crippen LogP contribution in [0.2, 0.25) is 0 Å². The van der Waals surface area contributed by atoms with Crippen LogP contribution in [-0.4, -0.2) is 53.0 Å². The quantitative estimate of drug-likeness (QED) is 0.772. The van der Waals surface area contributed by atoms with Gasteiger partial charge >= 0.3 is 5.97 Å². The summed E-state index contributed by atoms with van der Waals surface area (Å²) >= 11 is 0. The summed E-state index contributed by atoms with van der Waals surface area (Å²) in [6.45, 7) is 0.620. The molecule has 0 bridgehead atoms. The molecule has 0 saturated carbocycles. The fourth-order valence-corrected chi connectivity index (χ4v) is 2.90. The van der Waals surface area contributed by atoms with Gasteiger partial charge in [-0.3, -0.25) is 0 Å². The zero-order valence-corrected chi connectivity index (χ0v) is 12.3. The number of halogens is 1. The molecule has 1 rings (SSSR count). The monoisotopic (exact) mass is 304 g/mol. The van der Waals surface area contributed by atoms with Crippen LogP contribution < -0.4 is 5.32 Å². The summed E-state index contributed by atoms with van der Waals surface area (Å²) in [5.41, 5.74) is -0.190. The van der Waals surface area contributed by atoms with Gasteiger partial charge in [0.2, 0.25) is 10.0 Å². The number of ether oxygens (including phenoxy) is 1. The largest absolute Gasteiger partial charge is 0.465 e. The topological polar surface area (TPSA) is 75.7 Å². The van der Waals surface area contributed by atoms with Crippen LogP contribution in [0.25, 0.3) is 0 Å². The lowest BCUT2D eigenvalue weighted by Gasteiger charge is -2.18. The van der Waals surface area contributed by atoms with Crippen LogP contribution in [-0.2, 0) is 14.8 Å². The summed E-state index contributed by atoms with van der Waals surface area (Å²) < 4.78 is 43.6. The van der Waals surface area contributed by atoms with Crippen molar-refractivity contribution >= 4 is 16.0 Å². The van der Waals surface area contributed by atoms with E-state index in [4.69, 9.17) is 0 Å². The van der Waals surface area contributed by atoms with Crippen molar-refractivity contribution in [3.63, 3.8) is 0 Å². The van der Waals surface area contributed by atoms with Gasteiger partial charge in [-0.05, 0) is 25.2 Å². The van der Waals surface area contributed by atoms with Crippen molar-refractivity contribution in [2.24, 2.45) is 0 Å². The number of rotatable bonds is 6. The van der Waals surface area contributed by atoms with E-state index >= 15 is 0 Å². The Morgan fingerprint density at radius 2 is 2.10 bits per heavy atom. The maximum absolute atomic E-state index is 13.3. The van der Waals surface area contributed by atoms with Crippen molar-refractivity contribution in [1.82, 2.24) is 9.62 Å². The van der Waals surface area contributed by atoms with Crippen molar-refractivity contribution in [2.45, 2.75) is 4.90 Å². The van der Waals surface area contributed by atoms with Gasteiger partial charge in [0.15, 0.2) is 0 Å². The second-order valence-electron chi connectivity index (χ2n) is 4.06. The van der Waals surface area contributed by atoms with Crippen molar-refractivity contribution in [3.8, 4) is 0 Å². The number of carbonyl (C=O) groups is 1. The Hall–Kier alpha value is -1.51. The summed E-state index contributed by atoms with van der Waals surface area (Å²) in [4.78, 5) is 11.2. The number of likely N-dealkylation sites (N-methyl/N-ethyl adjacent to an activating group) is 2. The van der Waals surface area contributed by atoms with Crippen LogP contribution in [0, 0.1) is 5.82 Å². The van der Waals surface area contributed by atoms with Gasteiger partial charge in [0.25, 0.3) is 0 Å². The SMILES string of the molecule is CNCCN(C)S(=O)(=O)c1cc(F)ccc1C(=O)OC. The minimum absolute atomic E-state index is 0.190. The Balaban J connectivity index is 3.29. The first kappa shape index (κ1) is 16.5. The number of nitrogens with zero attached hydrogens (tertiary/aromatic N) is 1. The molecule has 0 aromatic heterocycles. The molecule has 0 aliphatic carbocycles. The number of benzene rings is 1. The molecule has 0 heterocycles. The van der Waals surface area contributed by atoms with Gasteiger partial charge in [-0.1, -0.05) is 0 Å². The maximum Gasteiger partial charge on any atom is 0.339 e. The van der Waals surface area contributed by atoms with Crippen LogP contribution in [0.5, 0.6) is 0 Å². The second kappa shape index (κ2) is 6.78. The van der Waals surface area contributed by atoms with Gasteiger partial charge in [-0.2, -0.15) is 4.31 Å². The molecule has 0 spiro atoms. The number of carbonyl (C=O) groups excluding carboxylic acids is 1. The molecule has 0 fully saturated rings. The molecule has 0 saturated heterocycles. The molecule has 1 N–H and O–H groups in total. The molecular formula is C12H17FN2O4S. The number of nitrogens with one attached hydrogen (secondary N) is 1. The summed E-state index contributed by atoms with van der Waals surface area (Å²) in [7, 11) is 0.208. The number of esters is 1. The van der Waals surface area contributed by atoms with E-state index in [1.165, 1.54) is 7.05 Å². The average Bonchev–Trinajstić information content (AvgIpc) is 2.43. The Labute approximate surface area is 117 Å². The van der Waals surface area contributed by atoms with E-state index in [2.05, 4.69) is 10.1 Å². The standard InChI is InChI=1S/C12H17FN2O4S/c1-14-6-7-15(2)20(17,18)11-8-9(13)4-5-10(11)12(16)19-3/h4-5,8,14H,6-7H2,1-3H3. The van der Waals surface area contributed by atoms with E-state index in [-0.39, 0.29) is 12.1 Å². The van der Waals surface area contributed by atoms with Crippen LogP contribution in [0.3, 0.4) is 0 Å². The molecule has 0 aliphatic rings.